The van der Waals surface area contributed by atoms with Crippen LogP contribution in [0.4, 0.5) is 0 Å². The molecular weight excluding hydrogens is 368 g/mol. The Morgan fingerprint density at radius 1 is 1.07 bits per heavy atom. The van der Waals surface area contributed by atoms with Crippen molar-refractivity contribution in [1.29, 1.82) is 0 Å². The highest BCUT2D eigenvalue weighted by Crippen LogP contribution is 2.29. The number of carbonyl (C=O) groups is 1. The van der Waals surface area contributed by atoms with Crippen LogP contribution in [-0.2, 0) is 6.61 Å². The summed E-state index contributed by atoms with van der Waals surface area (Å²) < 4.78 is 17.0. The number of furan rings is 1. The summed E-state index contributed by atoms with van der Waals surface area (Å²) in [4.78, 5) is 12.2. The van der Waals surface area contributed by atoms with Crippen molar-refractivity contribution in [2.24, 2.45) is 5.10 Å². The molecule has 0 bridgehead atoms. The van der Waals surface area contributed by atoms with Gasteiger partial charge in [0.05, 0.1) is 18.4 Å². The first-order valence-electron chi connectivity index (χ1n) is 9.41. The van der Waals surface area contributed by atoms with Gasteiger partial charge in [-0.05, 0) is 56.2 Å². The molecule has 0 radical (unpaired) electrons. The van der Waals surface area contributed by atoms with Gasteiger partial charge in [0.15, 0.2) is 11.5 Å². The fourth-order valence-corrected chi connectivity index (χ4v) is 2.81. The molecule has 1 N–H and O–H groups in total. The Bertz CT molecular complexity index is 993. The SMILES string of the molecule is CCOc1cc(/C=N\NC(=O)c2cc(C)oc2C)ccc1OCc1ccccc1. The van der Waals surface area contributed by atoms with Crippen LogP contribution in [0.3, 0.4) is 0 Å². The highest BCUT2D eigenvalue weighted by molar-refractivity contribution is 5.95. The quantitative estimate of drug-likeness (QED) is 0.448. The second-order valence-corrected chi connectivity index (χ2v) is 6.44. The zero-order valence-corrected chi connectivity index (χ0v) is 16.8. The Hall–Kier alpha value is -3.54. The van der Waals surface area contributed by atoms with Crippen LogP contribution >= 0.6 is 0 Å². The summed E-state index contributed by atoms with van der Waals surface area (Å²) in [5.74, 6) is 2.21. The second kappa shape index (κ2) is 9.59. The highest BCUT2D eigenvalue weighted by Gasteiger charge is 2.12. The molecule has 2 aromatic carbocycles. The van der Waals surface area contributed by atoms with E-state index in [1.54, 1.807) is 26.1 Å². The molecule has 1 amide bonds. The number of hydrogen-bond acceptors (Lipinski definition) is 5. The first-order chi connectivity index (χ1) is 14.1. The molecule has 0 spiro atoms. The zero-order valence-electron chi connectivity index (χ0n) is 16.8. The third kappa shape index (κ3) is 5.48. The molecule has 6 heteroatoms. The predicted molar refractivity (Wildman–Crippen MR) is 112 cm³/mol. The minimum Gasteiger partial charge on any atom is -0.490 e. The number of nitrogens with one attached hydrogen (secondary N) is 1. The predicted octanol–water partition coefficient (Wildman–Crippen LogP) is 4.64. The van der Waals surface area contributed by atoms with E-state index in [1.807, 2.05) is 55.5 Å². The van der Waals surface area contributed by atoms with Gasteiger partial charge < -0.3 is 13.9 Å². The van der Waals surface area contributed by atoms with Gasteiger partial charge in [-0.2, -0.15) is 5.10 Å². The largest absolute Gasteiger partial charge is 0.490 e. The third-order valence-electron chi connectivity index (χ3n) is 4.17. The van der Waals surface area contributed by atoms with E-state index in [0.29, 0.717) is 41.8 Å². The van der Waals surface area contributed by atoms with Crippen LogP contribution in [0.15, 0.2) is 64.1 Å². The van der Waals surface area contributed by atoms with Crippen molar-refractivity contribution in [3.8, 4) is 11.5 Å². The number of carbonyl (C=O) groups excluding carboxylic acids is 1. The second-order valence-electron chi connectivity index (χ2n) is 6.44. The van der Waals surface area contributed by atoms with E-state index in [4.69, 9.17) is 13.9 Å². The Morgan fingerprint density at radius 2 is 1.86 bits per heavy atom. The summed E-state index contributed by atoms with van der Waals surface area (Å²) in [7, 11) is 0. The summed E-state index contributed by atoms with van der Waals surface area (Å²) in [5, 5.41) is 4.03. The van der Waals surface area contributed by atoms with E-state index in [9.17, 15) is 4.79 Å². The van der Waals surface area contributed by atoms with Crippen molar-refractivity contribution < 1.29 is 18.7 Å². The number of benzene rings is 2. The first-order valence-corrected chi connectivity index (χ1v) is 9.41. The van der Waals surface area contributed by atoms with Crippen molar-refractivity contribution in [3.05, 3.63) is 82.8 Å². The number of hydrazone groups is 1. The normalized spacial score (nSPS) is 10.9. The monoisotopic (exact) mass is 392 g/mol. The van der Waals surface area contributed by atoms with E-state index in [1.165, 1.54) is 0 Å². The maximum atomic E-state index is 12.2. The van der Waals surface area contributed by atoms with E-state index >= 15 is 0 Å². The van der Waals surface area contributed by atoms with Gasteiger partial charge in [-0.15, -0.1) is 0 Å². The van der Waals surface area contributed by atoms with Gasteiger partial charge in [0.25, 0.3) is 5.91 Å². The number of hydrogen-bond donors (Lipinski definition) is 1. The van der Waals surface area contributed by atoms with Crippen LogP contribution in [0.25, 0.3) is 0 Å². The van der Waals surface area contributed by atoms with Crippen molar-refractivity contribution >= 4 is 12.1 Å². The molecule has 1 aromatic heterocycles. The van der Waals surface area contributed by atoms with Crippen molar-refractivity contribution in [2.45, 2.75) is 27.4 Å². The number of amides is 1. The molecule has 150 valence electrons. The fraction of sp³-hybridized carbons (Fsp3) is 0.217. The van der Waals surface area contributed by atoms with Crippen LogP contribution in [-0.4, -0.2) is 18.7 Å². The third-order valence-corrected chi connectivity index (χ3v) is 4.17. The summed E-state index contributed by atoms with van der Waals surface area (Å²) in [6.07, 6.45) is 1.56. The number of rotatable bonds is 8. The number of aryl methyl sites for hydroxylation is 2. The van der Waals surface area contributed by atoms with E-state index in [-0.39, 0.29) is 5.91 Å². The van der Waals surface area contributed by atoms with Gasteiger partial charge in [-0.3, -0.25) is 4.79 Å². The van der Waals surface area contributed by atoms with Crippen LogP contribution < -0.4 is 14.9 Å². The summed E-state index contributed by atoms with van der Waals surface area (Å²) in [5.41, 5.74) is 4.84. The molecule has 0 fully saturated rings. The van der Waals surface area contributed by atoms with Gasteiger partial charge in [-0.25, -0.2) is 5.43 Å². The lowest BCUT2D eigenvalue weighted by molar-refractivity contribution is 0.0953. The molecule has 0 unspecified atom stereocenters. The van der Waals surface area contributed by atoms with Gasteiger partial charge in [0, 0.05) is 0 Å². The number of nitrogens with zero attached hydrogens (tertiary/aromatic N) is 1. The molecule has 29 heavy (non-hydrogen) atoms. The smallest absolute Gasteiger partial charge is 0.274 e. The topological polar surface area (TPSA) is 73.1 Å². The molecule has 0 saturated carbocycles. The maximum absolute atomic E-state index is 12.2. The zero-order chi connectivity index (χ0) is 20.6. The van der Waals surface area contributed by atoms with Crippen LogP contribution in [0.2, 0.25) is 0 Å². The van der Waals surface area contributed by atoms with E-state index < -0.39 is 0 Å². The van der Waals surface area contributed by atoms with Gasteiger partial charge >= 0.3 is 0 Å². The standard InChI is InChI=1S/C23H24N2O4/c1-4-27-22-13-19(10-11-21(22)28-15-18-8-6-5-7-9-18)14-24-25-23(26)20-12-16(2)29-17(20)3/h5-14H,4,15H2,1-3H3,(H,25,26)/b24-14-. The average molecular weight is 392 g/mol. The van der Waals surface area contributed by atoms with Gasteiger partial charge in [-0.1, -0.05) is 30.3 Å². The fourth-order valence-electron chi connectivity index (χ4n) is 2.81. The summed E-state index contributed by atoms with van der Waals surface area (Å²) >= 11 is 0. The molecule has 3 aromatic rings. The van der Waals surface area contributed by atoms with E-state index in [0.717, 1.165) is 11.1 Å². The van der Waals surface area contributed by atoms with Crippen LogP contribution in [0.5, 0.6) is 11.5 Å². The van der Waals surface area contributed by atoms with Crippen molar-refractivity contribution in [2.75, 3.05) is 6.61 Å². The minimum absolute atomic E-state index is 0.316. The Kier molecular flexibility index (Phi) is 6.68. The van der Waals surface area contributed by atoms with Crippen LogP contribution in [0, 0.1) is 13.8 Å². The molecule has 0 aliphatic heterocycles. The number of ether oxygens (including phenoxy) is 2. The Morgan fingerprint density at radius 3 is 2.55 bits per heavy atom. The lowest BCUT2D eigenvalue weighted by atomic mass is 10.2. The Labute approximate surface area is 170 Å². The van der Waals surface area contributed by atoms with Gasteiger partial charge in [0.1, 0.15) is 18.1 Å². The molecule has 0 saturated heterocycles. The molecule has 6 nitrogen and oxygen atoms in total. The van der Waals surface area contributed by atoms with Crippen LogP contribution in [0.1, 0.15) is 39.9 Å². The van der Waals surface area contributed by atoms with E-state index in [2.05, 4.69) is 10.5 Å². The molecule has 1 heterocycles. The minimum atomic E-state index is -0.316. The highest BCUT2D eigenvalue weighted by atomic mass is 16.5. The summed E-state index contributed by atoms with van der Waals surface area (Å²) in [6, 6.07) is 17.1. The molecule has 0 atom stereocenters. The van der Waals surface area contributed by atoms with Gasteiger partial charge in [0.2, 0.25) is 0 Å². The lowest BCUT2D eigenvalue weighted by Gasteiger charge is -2.12. The first kappa shape index (κ1) is 20.2. The van der Waals surface area contributed by atoms with Crippen molar-refractivity contribution in [3.63, 3.8) is 0 Å². The molecule has 0 aliphatic rings. The Balaban J connectivity index is 1.66. The lowest BCUT2D eigenvalue weighted by Crippen LogP contribution is -2.17. The molecule has 0 aliphatic carbocycles. The maximum Gasteiger partial charge on any atom is 0.274 e. The average Bonchev–Trinajstić information content (AvgIpc) is 3.06. The molecule has 3 rings (SSSR count). The molecular formula is C23H24N2O4. The summed E-state index contributed by atoms with van der Waals surface area (Å²) in [6.45, 7) is 6.42. The van der Waals surface area contributed by atoms with Crippen molar-refractivity contribution in [1.82, 2.24) is 5.43 Å².